The lowest BCUT2D eigenvalue weighted by Crippen LogP contribution is -2.40. The van der Waals surface area contributed by atoms with Crippen molar-refractivity contribution in [3.8, 4) is 0 Å². The van der Waals surface area contributed by atoms with Crippen LogP contribution in [-0.4, -0.2) is 47.7 Å². The first-order chi connectivity index (χ1) is 8.90. The molecule has 0 heterocycles. The van der Waals surface area contributed by atoms with Gasteiger partial charge in [0.05, 0.1) is 6.61 Å². The molecule has 0 rings (SSSR count). The Labute approximate surface area is 118 Å². The van der Waals surface area contributed by atoms with Crippen molar-refractivity contribution in [1.82, 2.24) is 10.2 Å². The molecule has 0 aromatic carbocycles. The van der Waals surface area contributed by atoms with Crippen LogP contribution < -0.4 is 5.32 Å². The van der Waals surface area contributed by atoms with E-state index in [1.54, 1.807) is 4.90 Å². The zero-order valence-corrected chi connectivity index (χ0v) is 13.2. The molecule has 19 heavy (non-hydrogen) atoms. The second kappa shape index (κ2) is 10.2. The molecule has 0 bridgehead atoms. The highest BCUT2D eigenvalue weighted by Gasteiger charge is 2.14. The van der Waals surface area contributed by atoms with E-state index >= 15 is 0 Å². The predicted octanol–water partition coefficient (Wildman–Crippen LogP) is 2.17. The highest BCUT2D eigenvalue weighted by Crippen LogP contribution is 2.04. The summed E-state index contributed by atoms with van der Waals surface area (Å²) >= 11 is 0. The van der Waals surface area contributed by atoms with Crippen molar-refractivity contribution < 1.29 is 9.90 Å². The second-order valence-corrected chi connectivity index (χ2v) is 6.09. The number of rotatable bonds is 10. The van der Waals surface area contributed by atoms with Gasteiger partial charge < -0.3 is 15.3 Å². The van der Waals surface area contributed by atoms with Crippen LogP contribution in [0.25, 0.3) is 0 Å². The quantitative estimate of drug-likeness (QED) is 0.599. The van der Waals surface area contributed by atoms with E-state index in [-0.39, 0.29) is 18.1 Å². The molecule has 0 aliphatic rings. The summed E-state index contributed by atoms with van der Waals surface area (Å²) in [7, 11) is 0. The van der Waals surface area contributed by atoms with Gasteiger partial charge in [0.1, 0.15) is 0 Å². The summed E-state index contributed by atoms with van der Waals surface area (Å²) in [6, 6.07) is 0. The third kappa shape index (κ3) is 11.0. The number of hydrogen-bond acceptors (Lipinski definition) is 3. The maximum atomic E-state index is 12.1. The van der Waals surface area contributed by atoms with Gasteiger partial charge in [0.25, 0.3) is 0 Å². The van der Waals surface area contributed by atoms with Gasteiger partial charge in [-0.25, -0.2) is 0 Å². The van der Waals surface area contributed by atoms with Crippen molar-refractivity contribution in [2.45, 2.75) is 65.3 Å². The Morgan fingerprint density at radius 1 is 1.16 bits per heavy atom. The lowest BCUT2D eigenvalue weighted by atomic mass is 10.1. The van der Waals surface area contributed by atoms with Gasteiger partial charge >= 0.3 is 0 Å². The average Bonchev–Trinajstić information content (AvgIpc) is 2.31. The number of carbonyl (C=O) groups excluding carboxylic acids is 1. The molecule has 4 heteroatoms. The van der Waals surface area contributed by atoms with Crippen molar-refractivity contribution in [2.24, 2.45) is 0 Å². The molecule has 0 atom stereocenters. The number of hydrogen-bond donors (Lipinski definition) is 2. The largest absolute Gasteiger partial charge is 0.395 e. The van der Waals surface area contributed by atoms with Gasteiger partial charge in [-0.3, -0.25) is 4.79 Å². The summed E-state index contributed by atoms with van der Waals surface area (Å²) in [5, 5.41) is 12.3. The number of nitrogens with one attached hydrogen (secondary N) is 1. The number of aliphatic hydroxyl groups excluding tert-OH is 1. The maximum Gasteiger partial charge on any atom is 0.223 e. The summed E-state index contributed by atoms with van der Waals surface area (Å²) in [5.41, 5.74) is 0.0449. The normalized spacial score (nSPS) is 11.6. The lowest BCUT2D eigenvalue weighted by Gasteiger charge is -2.24. The minimum atomic E-state index is 0.0449. The van der Waals surface area contributed by atoms with Gasteiger partial charge in [0.2, 0.25) is 5.91 Å². The first kappa shape index (κ1) is 18.4. The van der Waals surface area contributed by atoms with Crippen LogP contribution in [0.1, 0.15) is 59.8 Å². The van der Waals surface area contributed by atoms with Crippen LogP contribution in [0.3, 0.4) is 0 Å². The molecular formula is C15H32N2O2. The Balaban J connectivity index is 3.96. The van der Waals surface area contributed by atoms with Crippen molar-refractivity contribution >= 4 is 5.91 Å². The zero-order valence-electron chi connectivity index (χ0n) is 13.2. The summed E-state index contributed by atoms with van der Waals surface area (Å²) < 4.78 is 0. The monoisotopic (exact) mass is 272 g/mol. The Kier molecular flexibility index (Phi) is 9.88. The fraction of sp³-hybridized carbons (Fsp3) is 0.933. The summed E-state index contributed by atoms with van der Waals surface area (Å²) in [6.07, 6.45) is 5.11. The van der Waals surface area contributed by atoms with Crippen LogP contribution in [0, 0.1) is 0 Å². The van der Waals surface area contributed by atoms with E-state index < -0.39 is 0 Å². The van der Waals surface area contributed by atoms with E-state index in [1.165, 1.54) is 12.8 Å². The van der Waals surface area contributed by atoms with Crippen molar-refractivity contribution in [1.29, 1.82) is 0 Å². The molecule has 0 aromatic rings. The van der Waals surface area contributed by atoms with Gasteiger partial charge in [0.15, 0.2) is 0 Å². The molecular weight excluding hydrogens is 240 g/mol. The Morgan fingerprint density at radius 3 is 2.37 bits per heavy atom. The van der Waals surface area contributed by atoms with E-state index in [9.17, 15) is 4.79 Å². The van der Waals surface area contributed by atoms with Gasteiger partial charge in [-0.15, -0.1) is 0 Å². The highest BCUT2D eigenvalue weighted by molar-refractivity contribution is 5.76. The minimum Gasteiger partial charge on any atom is -0.395 e. The fourth-order valence-corrected chi connectivity index (χ4v) is 1.91. The molecule has 0 aliphatic heterocycles. The molecule has 0 radical (unpaired) electrons. The molecule has 0 aromatic heterocycles. The number of carbonyl (C=O) groups is 1. The van der Waals surface area contributed by atoms with Crippen molar-refractivity contribution in [2.75, 3.05) is 26.2 Å². The number of amides is 1. The van der Waals surface area contributed by atoms with Gasteiger partial charge in [-0.05, 0) is 27.2 Å². The standard InChI is InChI=1S/C15H32N2O2/c1-5-6-7-8-11-17(12-13-18)14(19)9-10-16-15(2,3)4/h16,18H,5-13H2,1-4H3. The third-order valence-corrected chi connectivity index (χ3v) is 3.00. The van der Waals surface area contributed by atoms with Crippen LogP contribution in [0.2, 0.25) is 0 Å². The molecule has 0 unspecified atom stereocenters. The average molecular weight is 272 g/mol. The summed E-state index contributed by atoms with van der Waals surface area (Å²) in [5.74, 6) is 0.141. The number of unbranched alkanes of at least 4 members (excludes halogenated alkanes) is 3. The lowest BCUT2D eigenvalue weighted by molar-refractivity contribution is -0.131. The van der Waals surface area contributed by atoms with E-state index in [2.05, 4.69) is 33.0 Å². The Hall–Kier alpha value is -0.610. The summed E-state index contributed by atoms with van der Waals surface area (Å²) in [6.45, 7) is 10.4. The molecule has 0 spiro atoms. The SMILES string of the molecule is CCCCCCN(CCO)C(=O)CCNC(C)(C)C. The summed E-state index contributed by atoms with van der Waals surface area (Å²) in [4.78, 5) is 13.8. The zero-order chi connectivity index (χ0) is 14.7. The fourth-order valence-electron chi connectivity index (χ4n) is 1.91. The maximum absolute atomic E-state index is 12.1. The molecule has 0 fully saturated rings. The smallest absolute Gasteiger partial charge is 0.223 e. The number of aliphatic hydroxyl groups is 1. The Bertz CT molecular complexity index is 237. The molecule has 114 valence electrons. The third-order valence-electron chi connectivity index (χ3n) is 3.00. The minimum absolute atomic E-state index is 0.0449. The highest BCUT2D eigenvalue weighted by atomic mass is 16.3. The van der Waals surface area contributed by atoms with Crippen LogP contribution in [0.15, 0.2) is 0 Å². The predicted molar refractivity (Wildman–Crippen MR) is 80.2 cm³/mol. The van der Waals surface area contributed by atoms with Crippen LogP contribution in [0.4, 0.5) is 0 Å². The Morgan fingerprint density at radius 2 is 1.84 bits per heavy atom. The molecule has 2 N–H and O–H groups in total. The first-order valence-corrected chi connectivity index (χ1v) is 7.54. The van der Waals surface area contributed by atoms with E-state index in [4.69, 9.17) is 5.11 Å². The first-order valence-electron chi connectivity index (χ1n) is 7.54. The molecule has 4 nitrogen and oxygen atoms in total. The van der Waals surface area contributed by atoms with Gasteiger partial charge in [0, 0.05) is 31.6 Å². The van der Waals surface area contributed by atoms with Crippen LogP contribution in [0.5, 0.6) is 0 Å². The van der Waals surface area contributed by atoms with E-state index in [0.717, 1.165) is 19.4 Å². The second-order valence-electron chi connectivity index (χ2n) is 6.09. The van der Waals surface area contributed by atoms with Crippen LogP contribution in [-0.2, 0) is 4.79 Å². The molecule has 0 saturated carbocycles. The molecule has 0 aliphatic carbocycles. The van der Waals surface area contributed by atoms with E-state index in [1.807, 2.05) is 0 Å². The van der Waals surface area contributed by atoms with Crippen molar-refractivity contribution in [3.05, 3.63) is 0 Å². The van der Waals surface area contributed by atoms with Crippen LogP contribution >= 0.6 is 0 Å². The number of nitrogens with zero attached hydrogens (tertiary/aromatic N) is 1. The van der Waals surface area contributed by atoms with Gasteiger partial charge in [-0.1, -0.05) is 26.2 Å². The topological polar surface area (TPSA) is 52.6 Å². The van der Waals surface area contributed by atoms with Crippen molar-refractivity contribution in [3.63, 3.8) is 0 Å². The van der Waals surface area contributed by atoms with E-state index in [0.29, 0.717) is 19.5 Å². The molecule has 1 amide bonds. The van der Waals surface area contributed by atoms with Gasteiger partial charge in [-0.2, -0.15) is 0 Å². The molecule has 0 saturated heterocycles.